The van der Waals surface area contributed by atoms with Gasteiger partial charge in [-0.15, -0.1) is 11.3 Å². The Hall–Kier alpha value is -3.77. The van der Waals surface area contributed by atoms with Crippen molar-refractivity contribution in [1.29, 1.82) is 0 Å². The molecule has 1 atom stereocenters. The minimum absolute atomic E-state index is 0.249. The number of amides is 2. The highest BCUT2D eigenvalue weighted by Gasteiger charge is 2.29. The number of nitrogens with zero attached hydrogens (tertiary/aromatic N) is 1. The summed E-state index contributed by atoms with van der Waals surface area (Å²) in [4.78, 5) is 30.7. The van der Waals surface area contributed by atoms with Crippen LogP contribution in [0, 0.1) is 0 Å². The molecule has 154 valence electrons. The molecule has 6 heteroatoms. The third-order valence-corrected chi connectivity index (χ3v) is 5.56. The highest BCUT2D eigenvalue weighted by atomic mass is 32.1. The largest absolute Gasteiger partial charge is 0.340 e. The van der Waals surface area contributed by atoms with Gasteiger partial charge < -0.3 is 5.32 Å². The molecular formula is C25H21N3O2S. The third kappa shape index (κ3) is 5.05. The molecule has 0 bridgehead atoms. The van der Waals surface area contributed by atoms with Crippen molar-refractivity contribution in [3.05, 3.63) is 119 Å². The fraction of sp³-hybridized carbons (Fsp3) is 0.0800. The lowest BCUT2D eigenvalue weighted by Crippen LogP contribution is -2.39. The van der Waals surface area contributed by atoms with Crippen LogP contribution in [0.2, 0.25) is 0 Å². The molecule has 1 heterocycles. The second-order valence-corrected chi connectivity index (χ2v) is 7.83. The van der Waals surface area contributed by atoms with Crippen LogP contribution < -0.4 is 10.6 Å². The van der Waals surface area contributed by atoms with Gasteiger partial charge in [0.05, 0.1) is 5.92 Å². The molecule has 0 fully saturated rings. The fourth-order valence-electron chi connectivity index (χ4n) is 3.42. The minimum Gasteiger partial charge on any atom is -0.340 e. The molecule has 3 aromatic carbocycles. The number of carbonyl (C=O) groups excluding carboxylic acids is 2. The SMILES string of the molecule is O=C(Nc1nccs1)C(NC(=O)C(c1ccccc1)c1ccccc1)c1ccccc1. The first-order chi connectivity index (χ1) is 15.2. The van der Waals surface area contributed by atoms with Crippen molar-refractivity contribution >= 4 is 28.3 Å². The monoisotopic (exact) mass is 427 g/mol. The summed E-state index contributed by atoms with van der Waals surface area (Å²) in [6.07, 6.45) is 1.62. The van der Waals surface area contributed by atoms with Crippen LogP contribution in [0.25, 0.3) is 0 Å². The zero-order chi connectivity index (χ0) is 21.5. The topological polar surface area (TPSA) is 71.1 Å². The van der Waals surface area contributed by atoms with E-state index in [9.17, 15) is 9.59 Å². The standard InChI is InChI=1S/C25H21N3O2S/c29-23(21(18-10-4-1-5-11-18)19-12-6-2-7-13-19)27-22(20-14-8-3-9-15-20)24(30)28-25-26-16-17-31-25/h1-17,21-22H,(H,27,29)(H,26,28,30). The summed E-state index contributed by atoms with van der Waals surface area (Å²) in [7, 11) is 0. The molecular weight excluding hydrogens is 406 g/mol. The van der Waals surface area contributed by atoms with Crippen molar-refractivity contribution < 1.29 is 9.59 Å². The van der Waals surface area contributed by atoms with Crippen molar-refractivity contribution in [2.45, 2.75) is 12.0 Å². The molecule has 1 unspecified atom stereocenters. The maximum Gasteiger partial charge on any atom is 0.253 e. The Morgan fingerprint density at radius 3 is 1.71 bits per heavy atom. The average molecular weight is 428 g/mol. The van der Waals surface area contributed by atoms with E-state index in [1.807, 2.05) is 91.0 Å². The van der Waals surface area contributed by atoms with E-state index in [0.29, 0.717) is 10.7 Å². The van der Waals surface area contributed by atoms with Gasteiger partial charge >= 0.3 is 0 Å². The Balaban J connectivity index is 1.65. The van der Waals surface area contributed by atoms with E-state index in [-0.39, 0.29) is 11.8 Å². The Bertz CT molecular complexity index is 1080. The number of carbonyl (C=O) groups is 2. The van der Waals surface area contributed by atoms with Gasteiger partial charge in [-0.25, -0.2) is 4.98 Å². The number of benzene rings is 3. The Labute approximate surface area is 184 Å². The molecule has 0 radical (unpaired) electrons. The van der Waals surface area contributed by atoms with Gasteiger partial charge in [0.1, 0.15) is 6.04 Å². The van der Waals surface area contributed by atoms with Gasteiger partial charge in [0, 0.05) is 11.6 Å². The number of aromatic nitrogens is 1. The number of hydrogen-bond donors (Lipinski definition) is 2. The van der Waals surface area contributed by atoms with Gasteiger partial charge in [0.2, 0.25) is 5.91 Å². The number of nitrogens with one attached hydrogen (secondary N) is 2. The van der Waals surface area contributed by atoms with E-state index in [0.717, 1.165) is 11.1 Å². The van der Waals surface area contributed by atoms with Gasteiger partial charge in [-0.1, -0.05) is 91.0 Å². The normalized spacial score (nSPS) is 11.6. The molecule has 4 aromatic rings. The third-order valence-electron chi connectivity index (χ3n) is 4.87. The first-order valence-corrected chi connectivity index (χ1v) is 10.8. The maximum absolute atomic E-state index is 13.5. The van der Waals surface area contributed by atoms with Crippen LogP contribution in [0.15, 0.2) is 103 Å². The molecule has 2 N–H and O–H groups in total. The van der Waals surface area contributed by atoms with Gasteiger partial charge in [0.25, 0.3) is 5.91 Å². The van der Waals surface area contributed by atoms with Crippen LogP contribution in [0.4, 0.5) is 5.13 Å². The second-order valence-electron chi connectivity index (χ2n) is 6.93. The molecule has 0 aliphatic rings. The lowest BCUT2D eigenvalue weighted by Gasteiger charge is -2.23. The number of anilines is 1. The Morgan fingerprint density at radius 2 is 1.23 bits per heavy atom. The van der Waals surface area contributed by atoms with Crippen LogP contribution in [-0.4, -0.2) is 16.8 Å². The quantitative estimate of drug-likeness (QED) is 0.446. The van der Waals surface area contributed by atoms with Gasteiger partial charge in [0.15, 0.2) is 5.13 Å². The minimum atomic E-state index is -0.854. The van der Waals surface area contributed by atoms with E-state index in [1.54, 1.807) is 11.6 Å². The van der Waals surface area contributed by atoms with E-state index < -0.39 is 12.0 Å². The summed E-state index contributed by atoms with van der Waals surface area (Å²) in [6, 6.07) is 27.5. The van der Waals surface area contributed by atoms with Crippen molar-refractivity contribution in [3.8, 4) is 0 Å². The summed E-state index contributed by atoms with van der Waals surface area (Å²) in [5, 5.41) is 8.04. The van der Waals surface area contributed by atoms with E-state index in [2.05, 4.69) is 15.6 Å². The highest BCUT2D eigenvalue weighted by molar-refractivity contribution is 7.13. The van der Waals surface area contributed by atoms with Crippen molar-refractivity contribution in [2.24, 2.45) is 0 Å². The summed E-state index contributed by atoms with van der Waals surface area (Å²) in [5.41, 5.74) is 2.42. The van der Waals surface area contributed by atoms with Crippen molar-refractivity contribution in [1.82, 2.24) is 10.3 Å². The molecule has 4 rings (SSSR count). The molecule has 0 aliphatic heterocycles. The fourth-order valence-corrected chi connectivity index (χ4v) is 3.95. The van der Waals surface area contributed by atoms with Gasteiger partial charge in [-0.3, -0.25) is 14.9 Å². The molecule has 0 spiro atoms. The predicted molar refractivity (Wildman–Crippen MR) is 123 cm³/mol. The van der Waals surface area contributed by atoms with Crippen LogP contribution in [0.5, 0.6) is 0 Å². The molecule has 0 saturated heterocycles. The molecule has 0 aliphatic carbocycles. The Kier molecular flexibility index (Phi) is 6.50. The van der Waals surface area contributed by atoms with Crippen LogP contribution >= 0.6 is 11.3 Å². The summed E-state index contributed by atoms with van der Waals surface area (Å²) < 4.78 is 0. The first kappa shape index (κ1) is 20.5. The molecule has 1 aromatic heterocycles. The summed E-state index contributed by atoms with van der Waals surface area (Å²) in [5.74, 6) is -1.13. The predicted octanol–water partition coefficient (Wildman–Crippen LogP) is 4.77. The lowest BCUT2D eigenvalue weighted by atomic mass is 9.90. The van der Waals surface area contributed by atoms with Crippen molar-refractivity contribution in [3.63, 3.8) is 0 Å². The smallest absolute Gasteiger partial charge is 0.253 e. The van der Waals surface area contributed by atoms with Crippen molar-refractivity contribution in [2.75, 3.05) is 5.32 Å². The average Bonchev–Trinajstić information content (AvgIpc) is 3.32. The maximum atomic E-state index is 13.5. The zero-order valence-electron chi connectivity index (χ0n) is 16.6. The van der Waals surface area contributed by atoms with Crippen LogP contribution in [0.3, 0.4) is 0 Å². The summed E-state index contributed by atoms with van der Waals surface area (Å²) in [6.45, 7) is 0. The lowest BCUT2D eigenvalue weighted by molar-refractivity contribution is -0.127. The number of rotatable bonds is 7. The molecule has 5 nitrogen and oxygen atoms in total. The van der Waals surface area contributed by atoms with Gasteiger partial charge in [-0.2, -0.15) is 0 Å². The molecule has 2 amide bonds. The van der Waals surface area contributed by atoms with Gasteiger partial charge in [-0.05, 0) is 16.7 Å². The second kappa shape index (κ2) is 9.82. The number of hydrogen-bond acceptors (Lipinski definition) is 4. The summed E-state index contributed by atoms with van der Waals surface area (Å²) >= 11 is 1.33. The van der Waals surface area contributed by atoms with E-state index in [4.69, 9.17) is 0 Å². The highest BCUT2D eigenvalue weighted by Crippen LogP contribution is 2.26. The van der Waals surface area contributed by atoms with E-state index in [1.165, 1.54) is 11.3 Å². The zero-order valence-corrected chi connectivity index (χ0v) is 17.5. The molecule has 31 heavy (non-hydrogen) atoms. The van der Waals surface area contributed by atoms with E-state index >= 15 is 0 Å². The van der Waals surface area contributed by atoms with Crippen LogP contribution in [0.1, 0.15) is 28.7 Å². The Morgan fingerprint density at radius 1 is 0.710 bits per heavy atom. The number of thiazole rings is 1. The van der Waals surface area contributed by atoms with Crippen LogP contribution in [-0.2, 0) is 9.59 Å². The first-order valence-electron chi connectivity index (χ1n) is 9.88. The molecule has 0 saturated carbocycles.